The van der Waals surface area contributed by atoms with Gasteiger partial charge in [0.2, 0.25) is 0 Å². The molecule has 1 fully saturated rings. The third-order valence-electron chi connectivity index (χ3n) is 5.22. The molecule has 0 unspecified atom stereocenters. The Balaban J connectivity index is 2.03. The molecule has 39 heavy (non-hydrogen) atoms. The molecular formula is C23H38N3O10PS2. The molecule has 1 aromatic heterocycles. The van der Waals surface area contributed by atoms with Crippen LogP contribution in [-0.4, -0.2) is 79.6 Å². The molecule has 0 radical (unpaired) electrons. The quantitative estimate of drug-likeness (QED) is 0.230. The van der Waals surface area contributed by atoms with Gasteiger partial charge in [0.1, 0.15) is 24.1 Å². The second-order valence-electron chi connectivity index (χ2n) is 10.8. The molecule has 1 aromatic rings. The van der Waals surface area contributed by atoms with E-state index in [4.69, 9.17) is 24.0 Å². The minimum Gasteiger partial charge on any atom is -0.387 e. The van der Waals surface area contributed by atoms with Crippen molar-refractivity contribution in [3.8, 4) is 0 Å². The third-order valence-corrected chi connectivity index (χ3v) is 9.17. The van der Waals surface area contributed by atoms with Gasteiger partial charge >= 0.3 is 13.5 Å². The van der Waals surface area contributed by atoms with Crippen molar-refractivity contribution in [2.75, 3.05) is 37.1 Å². The van der Waals surface area contributed by atoms with E-state index >= 15 is 0 Å². The van der Waals surface area contributed by atoms with Crippen LogP contribution in [0, 0.1) is 10.8 Å². The fourth-order valence-electron chi connectivity index (χ4n) is 2.99. The van der Waals surface area contributed by atoms with Crippen molar-refractivity contribution >= 4 is 47.4 Å². The summed E-state index contributed by atoms with van der Waals surface area (Å²) in [4.78, 5) is 40.0. The van der Waals surface area contributed by atoms with E-state index in [-0.39, 0.29) is 40.8 Å². The number of rotatable bonds is 12. The summed E-state index contributed by atoms with van der Waals surface area (Å²) in [6.07, 6.45) is -4.27. The number of hydrogen-bond acceptors (Lipinski definition) is 14. The fourth-order valence-corrected chi connectivity index (χ4v) is 5.99. The van der Waals surface area contributed by atoms with Crippen LogP contribution in [0.15, 0.2) is 17.1 Å². The zero-order chi connectivity index (χ0) is 29.6. The van der Waals surface area contributed by atoms with Gasteiger partial charge in [0.25, 0.3) is 0 Å². The first-order chi connectivity index (χ1) is 17.9. The second-order valence-corrected chi connectivity index (χ2v) is 14.6. The summed E-state index contributed by atoms with van der Waals surface area (Å²) >= 11 is 2.03. The molecule has 0 aliphatic carbocycles. The predicted molar refractivity (Wildman–Crippen MR) is 148 cm³/mol. The molecule has 222 valence electrons. The number of aliphatic hydroxyl groups excluding tert-OH is 2. The van der Waals surface area contributed by atoms with E-state index in [0.717, 1.165) is 28.1 Å². The first-order valence-corrected chi connectivity index (χ1v) is 15.6. The summed E-state index contributed by atoms with van der Waals surface area (Å²) in [5.74, 6) is 0.338. The molecule has 0 amide bonds. The van der Waals surface area contributed by atoms with E-state index in [9.17, 15) is 29.2 Å². The highest BCUT2D eigenvalue weighted by atomic mass is 32.2. The van der Waals surface area contributed by atoms with Crippen LogP contribution >= 0.6 is 31.3 Å². The molecule has 0 saturated carbocycles. The summed E-state index contributed by atoms with van der Waals surface area (Å²) in [5.41, 5.74) is 3.57. The monoisotopic (exact) mass is 611 g/mol. The van der Waals surface area contributed by atoms with E-state index in [1.165, 1.54) is 12.3 Å². The number of phosphoric ester groups is 1. The van der Waals surface area contributed by atoms with Crippen molar-refractivity contribution in [1.82, 2.24) is 9.55 Å². The largest absolute Gasteiger partial charge is 0.474 e. The fraction of sp³-hybridized carbons (Fsp3) is 0.739. The molecule has 0 aromatic carbocycles. The van der Waals surface area contributed by atoms with Crippen LogP contribution in [-0.2, 0) is 32.5 Å². The topological polar surface area (TPSA) is 190 Å². The molecule has 2 rings (SSSR count). The lowest BCUT2D eigenvalue weighted by atomic mass is 9.99. The number of nitrogen functional groups attached to an aromatic ring is 1. The Morgan fingerprint density at radius 2 is 1.54 bits per heavy atom. The van der Waals surface area contributed by atoms with Crippen LogP contribution in [0.5, 0.6) is 0 Å². The highest BCUT2D eigenvalue weighted by Crippen LogP contribution is 2.50. The van der Waals surface area contributed by atoms with Crippen molar-refractivity contribution < 1.29 is 42.7 Å². The van der Waals surface area contributed by atoms with Crippen molar-refractivity contribution in [1.29, 1.82) is 0 Å². The SMILES string of the molecule is CC(C)(C)C(=O)SCCOP(=O)(OCCSC(=O)C(C)(C)C)OC[C@H]1O[C@@H](n2ccc(N)nc2=O)[C@@H](O)[C@@H]1O. The first-order valence-electron chi connectivity index (χ1n) is 12.2. The molecular weight excluding hydrogens is 573 g/mol. The Morgan fingerprint density at radius 3 is 2.00 bits per heavy atom. The summed E-state index contributed by atoms with van der Waals surface area (Å²) in [6, 6.07) is 1.33. The second kappa shape index (κ2) is 14.1. The third kappa shape index (κ3) is 10.2. The van der Waals surface area contributed by atoms with Crippen LogP contribution < -0.4 is 11.4 Å². The number of aliphatic hydroxyl groups is 2. The molecule has 13 nitrogen and oxygen atoms in total. The molecule has 16 heteroatoms. The summed E-state index contributed by atoms with van der Waals surface area (Å²) < 4.78 is 36.1. The van der Waals surface area contributed by atoms with Crippen LogP contribution in [0.25, 0.3) is 0 Å². The Kier molecular flexibility index (Phi) is 12.2. The van der Waals surface area contributed by atoms with E-state index < -0.39 is 55.5 Å². The smallest absolute Gasteiger partial charge is 0.387 e. The summed E-state index contributed by atoms with van der Waals surface area (Å²) in [6.45, 7) is 9.85. The van der Waals surface area contributed by atoms with Crippen molar-refractivity contribution in [2.24, 2.45) is 10.8 Å². The maximum absolute atomic E-state index is 13.4. The molecule has 1 saturated heterocycles. The number of nitrogens with zero attached hydrogens (tertiary/aromatic N) is 2. The summed E-state index contributed by atoms with van der Waals surface area (Å²) in [5, 5.41) is 20.8. The number of carbonyl (C=O) groups is 2. The van der Waals surface area contributed by atoms with Gasteiger partial charge in [0.05, 0.1) is 19.8 Å². The minimum atomic E-state index is -4.25. The number of ether oxygens (including phenoxy) is 1. The highest BCUT2D eigenvalue weighted by Gasteiger charge is 2.45. The van der Waals surface area contributed by atoms with Crippen LogP contribution in [0.4, 0.5) is 5.82 Å². The Labute approximate surface area is 236 Å². The molecule has 1 aliphatic rings. The van der Waals surface area contributed by atoms with Gasteiger partial charge in [-0.25, -0.2) is 9.36 Å². The van der Waals surface area contributed by atoms with E-state index in [1.807, 2.05) is 0 Å². The lowest BCUT2D eigenvalue weighted by Gasteiger charge is -2.22. The van der Waals surface area contributed by atoms with Gasteiger partial charge in [-0.05, 0) is 6.07 Å². The minimum absolute atomic E-state index is 0.0240. The summed E-state index contributed by atoms with van der Waals surface area (Å²) in [7, 11) is -4.25. The number of hydrogen-bond donors (Lipinski definition) is 3. The Hall–Kier alpha value is -1.29. The molecule has 2 heterocycles. The molecule has 1 aliphatic heterocycles. The lowest BCUT2D eigenvalue weighted by Crippen LogP contribution is -2.36. The maximum atomic E-state index is 13.4. The number of carbonyl (C=O) groups excluding carboxylic acids is 2. The average Bonchev–Trinajstić information content (AvgIpc) is 3.10. The Bertz CT molecular complexity index is 1070. The zero-order valence-electron chi connectivity index (χ0n) is 22.9. The number of phosphoric acid groups is 1. The van der Waals surface area contributed by atoms with E-state index in [0.29, 0.717) is 0 Å². The Morgan fingerprint density at radius 1 is 1.03 bits per heavy atom. The molecule has 4 atom stereocenters. The van der Waals surface area contributed by atoms with Crippen LogP contribution in [0.2, 0.25) is 0 Å². The van der Waals surface area contributed by atoms with E-state index in [1.54, 1.807) is 41.5 Å². The van der Waals surface area contributed by atoms with Gasteiger partial charge in [-0.3, -0.25) is 27.7 Å². The first kappa shape index (κ1) is 33.9. The van der Waals surface area contributed by atoms with Gasteiger partial charge < -0.3 is 20.7 Å². The van der Waals surface area contributed by atoms with Gasteiger partial charge in [-0.15, -0.1) is 0 Å². The van der Waals surface area contributed by atoms with Crippen LogP contribution in [0.1, 0.15) is 47.8 Å². The van der Waals surface area contributed by atoms with Gasteiger partial charge in [-0.1, -0.05) is 65.1 Å². The highest BCUT2D eigenvalue weighted by molar-refractivity contribution is 8.14. The average molecular weight is 612 g/mol. The standard InChI is InChI=1S/C23H38N3O10PS2/c1-22(2,3)19(29)38-11-9-33-37(32,34-10-12-39-20(30)23(4,5)6)35-13-14-16(27)17(28)18(36-14)26-8-7-15(24)25-21(26)31/h7-8,14,16-18,27-28H,9-13H2,1-6H3,(H2,24,25,31)/t14-,16-,17+,18-/m1/s1. The van der Waals surface area contributed by atoms with Gasteiger partial charge in [0, 0.05) is 28.5 Å². The van der Waals surface area contributed by atoms with Crippen molar-refractivity contribution in [3.63, 3.8) is 0 Å². The number of aromatic nitrogens is 2. The normalized spacial score (nSPS) is 22.3. The number of nitrogens with two attached hydrogens (primary N) is 1. The number of thioether (sulfide) groups is 2. The number of anilines is 1. The molecule has 0 bridgehead atoms. The zero-order valence-corrected chi connectivity index (χ0v) is 25.4. The molecule has 0 spiro atoms. The maximum Gasteiger partial charge on any atom is 0.474 e. The van der Waals surface area contributed by atoms with Crippen LogP contribution in [0.3, 0.4) is 0 Å². The van der Waals surface area contributed by atoms with Gasteiger partial charge in [-0.2, -0.15) is 4.98 Å². The van der Waals surface area contributed by atoms with Gasteiger partial charge in [0.15, 0.2) is 16.5 Å². The molecule has 4 N–H and O–H groups in total. The predicted octanol–water partition coefficient (Wildman–Crippen LogP) is 2.21. The lowest BCUT2D eigenvalue weighted by molar-refractivity contribution is -0.118. The van der Waals surface area contributed by atoms with Crippen molar-refractivity contribution in [2.45, 2.75) is 66.1 Å². The van der Waals surface area contributed by atoms with E-state index in [2.05, 4.69) is 4.98 Å². The van der Waals surface area contributed by atoms with Crippen molar-refractivity contribution in [3.05, 3.63) is 22.7 Å².